The van der Waals surface area contributed by atoms with Crippen molar-refractivity contribution in [2.75, 3.05) is 6.61 Å². The second-order valence-electron chi connectivity index (χ2n) is 9.54. The van der Waals surface area contributed by atoms with E-state index in [1.54, 1.807) is 26.2 Å². The molecule has 2 aliphatic carbocycles. The molecule has 0 radical (unpaired) electrons. The van der Waals surface area contributed by atoms with Crippen LogP contribution in [-0.4, -0.2) is 51.3 Å². The van der Waals surface area contributed by atoms with Gasteiger partial charge in [0, 0.05) is 23.3 Å². The molecular weight excluding hydrogens is 364 g/mol. The largest absolute Gasteiger partial charge is 0.472 e. The van der Waals surface area contributed by atoms with Crippen LogP contribution in [0.2, 0.25) is 0 Å². The predicted octanol–water partition coefficient (Wildman–Crippen LogP) is 1.71. The number of carbonyl (C=O) groups excluding carboxylic acids is 1. The lowest BCUT2D eigenvalue weighted by Gasteiger charge is -2.66. The molecule has 4 aliphatic rings. The van der Waals surface area contributed by atoms with E-state index in [0.29, 0.717) is 25.9 Å². The Morgan fingerprint density at radius 2 is 1.93 bits per heavy atom. The summed E-state index contributed by atoms with van der Waals surface area (Å²) in [6.45, 7) is 3.96. The van der Waals surface area contributed by atoms with Crippen LogP contribution in [-0.2, 0) is 14.3 Å². The quantitative estimate of drug-likeness (QED) is 0.519. The van der Waals surface area contributed by atoms with E-state index in [9.17, 15) is 20.1 Å². The first-order valence-corrected chi connectivity index (χ1v) is 10.1. The number of aliphatic hydroxyl groups excluding tert-OH is 1. The zero-order valence-electron chi connectivity index (χ0n) is 16.3. The van der Waals surface area contributed by atoms with E-state index >= 15 is 0 Å². The van der Waals surface area contributed by atoms with Gasteiger partial charge in [0.25, 0.3) is 0 Å². The predicted molar refractivity (Wildman–Crippen MR) is 96.0 cm³/mol. The van der Waals surface area contributed by atoms with Crippen molar-refractivity contribution >= 4 is 5.97 Å². The Bertz CT molecular complexity index is 785. The van der Waals surface area contributed by atoms with Crippen molar-refractivity contribution in [3.05, 3.63) is 24.2 Å². The third-order valence-electron chi connectivity index (χ3n) is 8.63. The van der Waals surface area contributed by atoms with Gasteiger partial charge in [-0.15, -0.1) is 0 Å². The molecule has 1 aromatic heterocycles. The first kappa shape index (κ1) is 18.6. The second kappa shape index (κ2) is 5.59. The highest BCUT2D eigenvalue weighted by Crippen LogP contribution is 2.70. The molecule has 7 heteroatoms. The maximum absolute atomic E-state index is 13.5. The van der Waals surface area contributed by atoms with Crippen molar-refractivity contribution in [1.82, 2.24) is 0 Å². The zero-order valence-corrected chi connectivity index (χ0v) is 16.3. The SMILES string of the molecule is C[C@]12CC[C@H]([C@H]3CO3)[C@]3(C[C@H](c4ccoc4)OC3=O)[C@@]1(O)CC[C@@H](O)[C@]2(C)O. The summed E-state index contributed by atoms with van der Waals surface area (Å²) in [5.41, 5.74) is -4.50. The van der Waals surface area contributed by atoms with Gasteiger partial charge in [-0.1, -0.05) is 6.92 Å². The number of fused-ring (bicyclic) bond motifs is 2. The summed E-state index contributed by atoms with van der Waals surface area (Å²) in [6, 6.07) is 1.77. The first-order chi connectivity index (χ1) is 13.2. The minimum Gasteiger partial charge on any atom is -0.472 e. The average molecular weight is 392 g/mol. The van der Waals surface area contributed by atoms with Crippen LogP contribution in [0.15, 0.2) is 23.0 Å². The molecule has 154 valence electrons. The summed E-state index contributed by atoms with van der Waals surface area (Å²) in [5, 5.41) is 34.0. The number of esters is 1. The molecule has 0 unspecified atom stereocenters. The summed E-state index contributed by atoms with van der Waals surface area (Å²) in [6.07, 6.45) is 3.46. The van der Waals surface area contributed by atoms with Gasteiger partial charge in [-0.05, 0) is 38.7 Å². The van der Waals surface area contributed by atoms with Gasteiger partial charge in [0.2, 0.25) is 0 Å². The zero-order chi connectivity index (χ0) is 19.9. The maximum atomic E-state index is 13.5. The van der Waals surface area contributed by atoms with Crippen molar-refractivity contribution in [2.45, 2.75) is 75.5 Å². The fourth-order valence-corrected chi connectivity index (χ4v) is 6.59. The highest BCUT2D eigenvalue weighted by atomic mass is 16.6. The number of rotatable bonds is 2. The van der Waals surface area contributed by atoms with E-state index < -0.39 is 40.2 Å². The van der Waals surface area contributed by atoms with Crippen LogP contribution in [0.5, 0.6) is 0 Å². The second-order valence-corrected chi connectivity index (χ2v) is 9.54. The topological polar surface area (TPSA) is 113 Å². The van der Waals surface area contributed by atoms with Crippen molar-refractivity contribution in [1.29, 1.82) is 0 Å². The van der Waals surface area contributed by atoms with Crippen LogP contribution in [0.3, 0.4) is 0 Å². The average Bonchev–Trinajstić information content (AvgIpc) is 3.21. The molecule has 3 N–H and O–H groups in total. The van der Waals surface area contributed by atoms with Crippen LogP contribution in [0.1, 0.15) is 57.6 Å². The summed E-state index contributed by atoms with van der Waals surface area (Å²) >= 11 is 0. The van der Waals surface area contributed by atoms with E-state index in [1.165, 1.54) is 6.26 Å². The van der Waals surface area contributed by atoms with Crippen LogP contribution >= 0.6 is 0 Å². The number of hydrogen-bond acceptors (Lipinski definition) is 7. The molecule has 0 bridgehead atoms. The molecule has 8 atom stereocenters. The lowest BCUT2D eigenvalue weighted by molar-refractivity contribution is -0.309. The molecule has 7 nitrogen and oxygen atoms in total. The normalized spacial score (nSPS) is 53.1. The number of aliphatic hydroxyl groups is 3. The number of furan rings is 1. The molecule has 4 fully saturated rings. The van der Waals surface area contributed by atoms with Crippen LogP contribution in [0.4, 0.5) is 0 Å². The number of ether oxygens (including phenoxy) is 2. The Morgan fingerprint density at radius 3 is 2.57 bits per heavy atom. The Kier molecular flexibility index (Phi) is 3.72. The van der Waals surface area contributed by atoms with Crippen molar-refractivity contribution in [3.63, 3.8) is 0 Å². The molecule has 2 saturated carbocycles. The van der Waals surface area contributed by atoms with Crippen molar-refractivity contribution in [3.8, 4) is 0 Å². The van der Waals surface area contributed by atoms with Crippen molar-refractivity contribution in [2.24, 2.45) is 16.7 Å². The van der Waals surface area contributed by atoms with Gasteiger partial charge >= 0.3 is 5.97 Å². The highest BCUT2D eigenvalue weighted by Gasteiger charge is 2.79. The summed E-state index contributed by atoms with van der Waals surface area (Å²) in [5.74, 6) is -0.610. The summed E-state index contributed by atoms with van der Waals surface area (Å²) in [7, 11) is 0. The molecule has 2 saturated heterocycles. The van der Waals surface area contributed by atoms with E-state index in [2.05, 4.69) is 0 Å². The van der Waals surface area contributed by atoms with Gasteiger partial charge in [0.15, 0.2) is 0 Å². The maximum Gasteiger partial charge on any atom is 0.316 e. The van der Waals surface area contributed by atoms with Gasteiger partial charge in [-0.2, -0.15) is 0 Å². The fourth-order valence-electron chi connectivity index (χ4n) is 6.59. The standard InChI is InChI=1S/C21H28O7/c1-18-6-3-13(15-11-27-15)20(21(18,25)7-4-16(22)19(18,2)24)9-14(28-17(20)23)12-5-8-26-10-12/h5,8,10,13-16,22,24-25H,3-4,6-7,9,11H2,1-2H3/t13-,14-,15-,16-,18-,19+,20+,21-/m1/s1. The molecule has 0 aromatic carbocycles. The minimum atomic E-state index is -1.52. The molecule has 2 aliphatic heterocycles. The Morgan fingerprint density at radius 1 is 1.18 bits per heavy atom. The number of cyclic esters (lactones) is 1. The smallest absolute Gasteiger partial charge is 0.316 e. The van der Waals surface area contributed by atoms with E-state index in [4.69, 9.17) is 13.9 Å². The third kappa shape index (κ3) is 2.01. The molecule has 5 rings (SSSR count). The van der Waals surface area contributed by atoms with Gasteiger partial charge < -0.3 is 29.2 Å². The van der Waals surface area contributed by atoms with Crippen molar-refractivity contribution < 1.29 is 34.0 Å². The van der Waals surface area contributed by atoms with Crippen LogP contribution in [0, 0.1) is 16.7 Å². The monoisotopic (exact) mass is 392 g/mol. The molecule has 3 heterocycles. The lowest BCUT2D eigenvalue weighted by Crippen LogP contribution is -2.76. The minimum absolute atomic E-state index is 0.0824. The Hall–Kier alpha value is -1.41. The summed E-state index contributed by atoms with van der Waals surface area (Å²) < 4.78 is 16.6. The summed E-state index contributed by atoms with van der Waals surface area (Å²) in [4.78, 5) is 13.5. The molecule has 1 spiro atoms. The molecule has 28 heavy (non-hydrogen) atoms. The first-order valence-electron chi connectivity index (χ1n) is 10.1. The van der Waals surface area contributed by atoms with E-state index in [1.807, 2.05) is 0 Å². The number of carbonyl (C=O) groups is 1. The van der Waals surface area contributed by atoms with Gasteiger partial charge in [-0.3, -0.25) is 4.79 Å². The Balaban J connectivity index is 1.65. The molecular formula is C21H28O7. The van der Waals surface area contributed by atoms with Gasteiger partial charge in [0.05, 0.1) is 42.5 Å². The highest BCUT2D eigenvalue weighted by molar-refractivity contribution is 5.82. The molecule has 1 aromatic rings. The van der Waals surface area contributed by atoms with Gasteiger partial charge in [0.1, 0.15) is 11.5 Å². The number of epoxide rings is 1. The molecule has 0 amide bonds. The van der Waals surface area contributed by atoms with E-state index in [0.717, 1.165) is 5.56 Å². The van der Waals surface area contributed by atoms with Crippen LogP contribution in [0.25, 0.3) is 0 Å². The number of hydrogen-bond donors (Lipinski definition) is 3. The van der Waals surface area contributed by atoms with Crippen LogP contribution < -0.4 is 0 Å². The lowest BCUT2D eigenvalue weighted by atomic mass is 9.40. The Labute approximate surface area is 163 Å². The van der Waals surface area contributed by atoms with E-state index in [-0.39, 0.29) is 24.9 Å². The fraction of sp³-hybridized carbons (Fsp3) is 0.762. The third-order valence-corrected chi connectivity index (χ3v) is 8.63. The van der Waals surface area contributed by atoms with Gasteiger partial charge in [-0.25, -0.2) is 0 Å².